The molecule has 1 aliphatic heterocycles. The van der Waals surface area contributed by atoms with Crippen LogP contribution in [0.1, 0.15) is 5.69 Å². The van der Waals surface area contributed by atoms with Crippen LogP contribution in [0.15, 0.2) is 64.4 Å². The van der Waals surface area contributed by atoms with Crippen molar-refractivity contribution in [1.82, 2.24) is 9.78 Å². The van der Waals surface area contributed by atoms with Crippen molar-refractivity contribution in [2.24, 2.45) is 0 Å². The summed E-state index contributed by atoms with van der Waals surface area (Å²) in [5.41, 5.74) is 2.77. The van der Waals surface area contributed by atoms with Crippen LogP contribution in [-0.2, 0) is 9.84 Å². The lowest BCUT2D eigenvalue weighted by Crippen LogP contribution is -2.00. The lowest BCUT2D eigenvalue weighted by atomic mass is 10.1. The standard InChI is InChI=1S/C16H12N2O2S/c1-11-16-15(18(17-11)12-7-3-2-4-8-12)13-9-5-6-10-14(13)21(16,19)20/h2-10H,1H3. The fourth-order valence-corrected chi connectivity index (χ4v) is 4.65. The molecule has 2 aromatic carbocycles. The molecule has 104 valence electrons. The van der Waals surface area contributed by atoms with Gasteiger partial charge in [0.05, 0.1) is 22.0 Å². The molecule has 0 unspecified atom stereocenters. The van der Waals surface area contributed by atoms with E-state index in [0.717, 1.165) is 11.3 Å². The first kappa shape index (κ1) is 12.3. The van der Waals surface area contributed by atoms with Gasteiger partial charge in [0.15, 0.2) is 0 Å². The van der Waals surface area contributed by atoms with Gasteiger partial charge in [0.2, 0.25) is 9.84 Å². The molecule has 5 heteroatoms. The summed E-state index contributed by atoms with van der Waals surface area (Å²) < 4.78 is 27.1. The number of aryl methyl sites for hydroxylation is 1. The van der Waals surface area contributed by atoms with Crippen LogP contribution in [0.5, 0.6) is 0 Å². The Morgan fingerprint density at radius 2 is 1.62 bits per heavy atom. The van der Waals surface area contributed by atoms with Crippen molar-refractivity contribution >= 4 is 9.84 Å². The van der Waals surface area contributed by atoms with Gasteiger partial charge < -0.3 is 0 Å². The van der Waals surface area contributed by atoms with Crippen molar-refractivity contribution in [2.75, 3.05) is 0 Å². The van der Waals surface area contributed by atoms with Gasteiger partial charge in [-0.1, -0.05) is 36.4 Å². The Morgan fingerprint density at radius 1 is 0.952 bits per heavy atom. The predicted octanol–water partition coefficient (Wildman–Crippen LogP) is 2.99. The summed E-state index contributed by atoms with van der Waals surface area (Å²) in [7, 11) is -3.47. The van der Waals surface area contributed by atoms with Gasteiger partial charge >= 0.3 is 0 Å². The molecule has 4 rings (SSSR count). The third kappa shape index (κ3) is 1.55. The van der Waals surface area contributed by atoms with E-state index in [1.165, 1.54) is 0 Å². The molecule has 1 aliphatic rings. The topological polar surface area (TPSA) is 52.0 Å². The lowest BCUT2D eigenvalue weighted by molar-refractivity contribution is 0.598. The molecular formula is C16H12N2O2S. The predicted molar refractivity (Wildman–Crippen MR) is 79.2 cm³/mol. The second kappa shape index (κ2) is 4.05. The first-order valence-electron chi connectivity index (χ1n) is 6.60. The Labute approximate surface area is 122 Å². The lowest BCUT2D eigenvalue weighted by Gasteiger charge is -2.06. The van der Waals surface area contributed by atoms with Gasteiger partial charge in [-0.3, -0.25) is 0 Å². The van der Waals surface area contributed by atoms with Gasteiger partial charge in [-0.05, 0) is 25.1 Å². The number of hydrogen-bond acceptors (Lipinski definition) is 3. The molecule has 0 saturated heterocycles. The zero-order valence-corrected chi connectivity index (χ0v) is 12.1. The Bertz CT molecular complexity index is 957. The average Bonchev–Trinajstić information content (AvgIpc) is 2.96. The van der Waals surface area contributed by atoms with E-state index in [9.17, 15) is 8.42 Å². The molecule has 0 saturated carbocycles. The molecule has 0 fully saturated rings. The van der Waals surface area contributed by atoms with Crippen LogP contribution in [0.2, 0.25) is 0 Å². The Morgan fingerprint density at radius 3 is 2.38 bits per heavy atom. The maximum absolute atomic E-state index is 12.7. The second-order valence-electron chi connectivity index (χ2n) is 5.01. The highest BCUT2D eigenvalue weighted by atomic mass is 32.2. The number of nitrogens with zero attached hydrogens (tertiary/aromatic N) is 2. The third-order valence-corrected chi connectivity index (χ3v) is 5.67. The fraction of sp³-hybridized carbons (Fsp3) is 0.0625. The third-order valence-electron chi connectivity index (χ3n) is 3.71. The Kier molecular flexibility index (Phi) is 2.38. The highest BCUT2D eigenvalue weighted by molar-refractivity contribution is 7.92. The molecule has 1 aromatic heterocycles. The maximum Gasteiger partial charge on any atom is 0.211 e. The summed E-state index contributed by atoms with van der Waals surface area (Å²) in [6, 6.07) is 16.7. The van der Waals surface area contributed by atoms with Gasteiger partial charge in [-0.15, -0.1) is 0 Å². The van der Waals surface area contributed by atoms with Crippen molar-refractivity contribution in [2.45, 2.75) is 16.7 Å². The quantitative estimate of drug-likeness (QED) is 0.542. The van der Waals surface area contributed by atoms with Crippen molar-refractivity contribution in [3.8, 4) is 16.9 Å². The second-order valence-corrected chi connectivity index (χ2v) is 6.87. The monoisotopic (exact) mass is 296 g/mol. The smallest absolute Gasteiger partial charge is 0.211 e. The van der Waals surface area contributed by atoms with Gasteiger partial charge in [0.25, 0.3) is 0 Å². The molecule has 2 heterocycles. The molecule has 4 nitrogen and oxygen atoms in total. The van der Waals surface area contributed by atoms with Gasteiger partial charge in [-0.2, -0.15) is 5.10 Å². The van der Waals surface area contributed by atoms with Crippen LogP contribution in [0.25, 0.3) is 16.9 Å². The summed E-state index contributed by atoms with van der Waals surface area (Å²) in [5.74, 6) is 0. The van der Waals surface area contributed by atoms with E-state index >= 15 is 0 Å². The van der Waals surface area contributed by atoms with Crippen molar-refractivity contribution in [3.63, 3.8) is 0 Å². The normalized spacial score (nSPS) is 14.7. The van der Waals surface area contributed by atoms with Gasteiger partial charge in [0, 0.05) is 5.56 Å². The summed E-state index contributed by atoms with van der Waals surface area (Å²) in [6.07, 6.45) is 0. The molecule has 0 radical (unpaired) electrons. The van der Waals surface area contributed by atoms with Crippen LogP contribution >= 0.6 is 0 Å². The molecule has 0 bridgehead atoms. The number of sulfone groups is 1. The SMILES string of the molecule is Cc1nn(-c2ccccc2)c2c1S(=O)(=O)c1ccccc1-2. The number of rotatable bonds is 1. The zero-order valence-electron chi connectivity index (χ0n) is 11.3. The number of hydrogen-bond donors (Lipinski definition) is 0. The zero-order chi connectivity index (χ0) is 14.6. The summed E-state index contributed by atoms with van der Waals surface area (Å²) in [4.78, 5) is 0.692. The molecule has 3 aromatic rings. The first-order valence-corrected chi connectivity index (χ1v) is 8.08. The van der Waals surface area contributed by atoms with Gasteiger partial charge in [0.1, 0.15) is 4.90 Å². The Balaban J connectivity index is 2.14. The molecule has 21 heavy (non-hydrogen) atoms. The molecule has 0 aliphatic carbocycles. The summed E-state index contributed by atoms with van der Waals surface area (Å²) in [6.45, 7) is 1.74. The number of fused-ring (bicyclic) bond motifs is 3. The summed E-state index contributed by atoms with van der Waals surface area (Å²) >= 11 is 0. The Hall–Kier alpha value is -2.40. The molecule has 0 amide bonds. The largest absolute Gasteiger partial charge is 0.231 e. The van der Waals surface area contributed by atoms with Crippen LogP contribution < -0.4 is 0 Å². The van der Waals surface area contributed by atoms with E-state index in [-0.39, 0.29) is 0 Å². The van der Waals surface area contributed by atoms with Crippen LogP contribution in [0, 0.1) is 6.92 Å². The van der Waals surface area contributed by atoms with Gasteiger partial charge in [-0.25, -0.2) is 13.1 Å². The van der Waals surface area contributed by atoms with E-state index in [2.05, 4.69) is 5.10 Å². The van der Waals surface area contributed by atoms with E-state index in [1.54, 1.807) is 23.7 Å². The van der Waals surface area contributed by atoms with Crippen molar-refractivity contribution in [1.29, 1.82) is 0 Å². The summed E-state index contributed by atoms with van der Waals surface area (Å²) in [5, 5.41) is 4.43. The molecule has 0 atom stereocenters. The highest BCUT2D eigenvalue weighted by Gasteiger charge is 2.38. The minimum atomic E-state index is -3.47. The number of para-hydroxylation sites is 1. The minimum Gasteiger partial charge on any atom is -0.231 e. The van der Waals surface area contributed by atoms with E-state index < -0.39 is 9.84 Å². The van der Waals surface area contributed by atoms with Crippen LogP contribution in [0.3, 0.4) is 0 Å². The number of benzene rings is 2. The molecule has 0 N–H and O–H groups in total. The minimum absolute atomic E-state index is 0.326. The maximum atomic E-state index is 12.7. The average molecular weight is 296 g/mol. The van der Waals surface area contributed by atoms with Crippen LogP contribution in [0.4, 0.5) is 0 Å². The van der Waals surface area contributed by atoms with Crippen molar-refractivity contribution < 1.29 is 8.42 Å². The molecule has 0 spiro atoms. The van der Waals surface area contributed by atoms with E-state index in [0.29, 0.717) is 21.2 Å². The van der Waals surface area contributed by atoms with E-state index in [1.807, 2.05) is 42.5 Å². The van der Waals surface area contributed by atoms with Crippen molar-refractivity contribution in [3.05, 3.63) is 60.3 Å². The van der Waals surface area contributed by atoms with Crippen LogP contribution in [-0.4, -0.2) is 18.2 Å². The highest BCUT2D eigenvalue weighted by Crippen LogP contribution is 2.45. The first-order chi connectivity index (χ1) is 10.1. The molecular weight excluding hydrogens is 284 g/mol. The van der Waals surface area contributed by atoms with E-state index in [4.69, 9.17) is 0 Å². The fourth-order valence-electron chi connectivity index (χ4n) is 2.83. The number of aromatic nitrogens is 2.